The van der Waals surface area contributed by atoms with Gasteiger partial charge in [0.25, 0.3) is 5.91 Å². The van der Waals surface area contributed by atoms with Crippen LogP contribution in [0.2, 0.25) is 0 Å². The normalized spacial score (nSPS) is 10.6. The summed E-state index contributed by atoms with van der Waals surface area (Å²) in [6.07, 6.45) is 0.887. The number of carbonyl (C=O) groups is 1. The zero-order chi connectivity index (χ0) is 14.5. The molecule has 2 rings (SSSR count). The first-order chi connectivity index (χ1) is 9.58. The molecule has 0 aliphatic carbocycles. The third kappa shape index (κ3) is 3.77. The minimum atomic E-state index is -2.85. The fraction of sp³-hybridized carbons (Fsp3) is 0.214. The van der Waals surface area contributed by atoms with E-state index in [-0.39, 0.29) is 11.7 Å². The van der Waals surface area contributed by atoms with Gasteiger partial charge in [-0.1, -0.05) is 6.92 Å². The van der Waals surface area contributed by atoms with Crippen molar-refractivity contribution < 1.29 is 18.3 Å². The number of alkyl halides is 2. The number of nitrogens with one attached hydrogen (secondary N) is 1. The van der Waals surface area contributed by atoms with Crippen molar-refractivity contribution in [3.05, 3.63) is 46.2 Å². The second-order valence-corrected chi connectivity index (χ2v) is 5.14. The number of carbonyl (C=O) groups excluding carboxylic acids is 1. The van der Waals surface area contributed by atoms with Crippen molar-refractivity contribution in [2.24, 2.45) is 0 Å². The van der Waals surface area contributed by atoms with Crippen molar-refractivity contribution >= 4 is 22.9 Å². The molecule has 1 aromatic heterocycles. The molecule has 2 aromatic rings. The average molecular weight is 297 g/mol. The van der Waals surface area contributed by atoms with E-state index < -0.39 is 6.61 Å². The molecule has 0 radical (unpaired) electrons. The van der Waals surface area contributed by atoms with Gasteiger partial charge in [-0.3, -0.25) is 4.79 Å². The lowest BCUT2D eigenvalue weighted by Crippen LogP contribution is -2.10. The lowest BCUT2D eigenvalue weighted by atomic mass is 10.3. The van der Waals surface area contributed by atoms with Crippen LogP contribution < -0.4 is 10.1 Å². The van der Waals surface area contributed by atoms with Gasteiger partial charge in [-0.2, -0.15) is 8.78 Å². The maximum atomic E-state index is 12.0. The Morgan fingerprint density at radius 3 is 2.50 bits per heavy atom. The van der Waals surface area contributed by atoms with Crippen LogP contribution in [0, 0.1) is 0 Å². The Bertz CT molecular complexity index is 581. The summed E-state index contributed by atoms with van der Waals surface area (Å²) in [6.45, 7) is -0.830. The van der Waals surface area contributed by atoms with Crippen LogP contribution in [0.3, 0.4) is 0 Å². The Labute approximate surface area is 119 Å². The number of ether oxygens (including phenoxy) is 1. The average Bonchev–Trinajstić information content (AvgIpc) is 2.89. The van der Waals surface area contributed by atoms with Crippen molar-refractivity contribution in [1.29, 1.82) is 0 Å². The molecule has 0 bridgehead atoms. The lowest BCUT2D eigenvalue weighted by Gasteiger charge is -2.06. The number of hydrogen-bond acceptors (Lipinski definition) is 3. The summed E-state index contributed by atoms with van der Waals surface area (Å²) in [4.78, 5) is 13.7. The predicted octanol–water partition coefficient (Wildman–Crippen LogP) is 4.16. The molecule has 1 aromatic carbocycles. The minimum absolute atomic E-state index is 0.0578. The number of anilines is 1. The maximum Gasteiger partial charge on any atom is 0.387 e. The first kappa shape index (κ1) is 14.5. The molecule has 6 heteroatoms. The molecular formula is C14H13F2NO2S. The molecule has 0 aliphatic heterocycles. The summed E-state index contributed by atoms with van der Waals surface area (Å²) in [5.74, 6) is -0.153. The van der Waals surface area contributed by atoms with Crippen LogP contribution in [0.25, 0.3) is 0 Å². The fourth-order valence-corrected chi connectivity index (χ4v) is 2.45. The van der Waals surface area contributed by atoms with Crippen molar-refractivity contribution in [1.82, 2.24) is 0 Å². The van der Waals surface area contributed by atoms with Crippen molar-refractivity contribution in [3.8, 4) is 5.75 Å². The van der Waals surface area contributed by atoms with Gasteiger partial charge in [0, 0.05) is 10.6 Å². The first-order valence-electron chi connectivity index (χ1n) is 6.03. The Morgan fingerprint density at radius 1 is 1.25 bits per heavy atom. The minimum Gasteiger partial charge on any atom is -0.435 e. The first-order valence-corrected chi connectivity index (χ1v) is 6.85. The monoisotopic (exact) mass is 297 g/mol. The third-order valence-corrected chi connectivity index (χ3v) is 3.80. The van der Waals surface area contributed by atoms with Gasteiger partial charge < -0.3 is 10.1 Å². The van der Waals surface area contributed by atoms with E-state index in [0.717, 1.165) is 11.3 Å². The Morgan fingerprint density at radius 2 is 1.95 bits per heavy atom. The molecule has 0 fully saturated rings. The molecular weight excluding hydrogens is 284 g/mol. The number of benzene rings is 1. The summed E-state index contributed by atoms with van der Waals surface area (Å²) in [6, 6.07) is 9.49. The van der Waals surface area contributed by atoms with Crippen LogP contribution in [0.1, 0.15) is 21.5 Å². The summed E-state index contributed by atoms with van der Waals surface area (Å²) in [5.41, 5.74) is 0.531. The van der Waals surface area contributed by atoms with E-state index in [9.17, 15) is 13.6 Å². The molecule has 0 aliphatic rings. The number of rotatable bonds is 5. The molecule has 106 valence electrons. The standard InChI is InChI=1S/C14H13F2NO2S/c1-2-11-7-8-12(20-11)13(18)17-9-3-5-10(6-4-9)19-14(15)16/h3-8,14H,2H2,1H3,(H,17,18). The Hall–Kier alpha value is -1.95. The highest BCUT2D eigenvalue weighted by molar-refractivity contribution is 7.14. The Balaban J connectivity index is 2.00. The van der Waals surface area contributed by atoms with Crippen molar-refractivity contribution in [2.75, 3.05) is 5.32 Å². The third-order valence-electron chi connectivity index (χ3n) is 2.57. The van der Waals surface area contributed by atoms with Crippen LogP contribution in [-0.2, 0) is 6.42 Å². The summed E-state index contributed by atoms with van der Waals surface area (Å²) < 4.78 is 28.2. The molecule has 20 heavy (non-hydrogen) atoms. The van der Waals surface area contributed by atoms with Gasteiger partial charge in [-0.05, 0) is 42.8 Å². The molecule has 0 saturated heterocycles. The van der Waals surface area contributed by atoms with Crippen LogP contribution in [0.15, 0.2) is 36.4 Å². The number of amides is 1. The predicted molar refractivity (Wildman–Crippen MR) is 74.7 cm³/mol. The van der Waals surface area contributed by atoms with E-state index >= 15 is 0 Å². The number of hydrogen-bond donors (Lipinski definition) is 1. The highest BCUT2D eigenvalue weighted by atomic mass is 32.1. The molecule has 1 amide bonds. The fourth-order valence-electron chi connectivity index (χ4n) is 1.60. The van der Waals surface area contributed by atoms with Gasteiger partial charge in [0.15, 0.2) is 0 Å². The van der Waals surface area contributed by atoms with E-state index in [4.69, 9.17) is 0 Å². The van der Waals surface area contributed by atoms with E-state index in [1.807, 2.05) is 13.0 Å². The van der Waals surface area contributed by atoms with E-state index in [1.165, 1.54) is 35.6 Å². The van der Waals surface area contributed by atoms with Gasteiger partial charge in [0.05, 0.1) is 4.88 Å². The highest BCUT2D eigenvalue weighted by Crippen LogP contribution is 2.21. The maximum absolute atomic E-state index is 12.0. The van der Waals surface area contributed by atoms with Gasteiger partial charge >= 0.3 is 6.61 Å². The smallest absolute Gasteiger partial charge is 0.387 e. The molecule has 0 unspecified atom stereocenters. The topological polar surface area (TPSA) is 38.3 Å². The molecule has 3 nitrogen and oxygen atoms in total. The van der Waals surface area contributed by atoms with Gasteiger partial charge in [-0.25, -0.2) is 0 Å². The highest BCUT2D eigenvalue weighted by Gasteiger charge is 2.09. The van der Waals surface area contributed by atoms with E-state index in [1.54, 1.807) is 6.07 Å². The molecule has 1 N–H and O–H groups in total. The number of aryl methyl sites for hydroxylation is 1. The molecule has 0 atom stereocenters. The van der Waals surface area contributed by atoms with Gasteiger partial charge in [-0.15, -0.1) is 11.3 Å². The SMILES string of the molecule is CCc1ccc(C(=O)Nc2ccc(OC(F)F)cc2)s1. The molecule has 1 heterocycles. The van der Waals surface area contributed by atoms with E-state index in [0.29, 0.717) is 10.6 Å². The van der Waals surface area contributed by atoms with Gasteiger partial charge in [0.1, 0.15) is 5.75 Å². The number of halogens is 2. The zero-order valence-corrected chi connectivity index (χ0v) is 11.5. The lowest BCUT2D eigenvalue weighted by molar-refractivity contribution is -0.0498. The van der Waals surface area contributed by atoms with Crippen LogP contribution >= 0.6 is 11.3 Å². The quantitative estimate of drug-likeness (QED) is 0.899. The largest absolute Gasteiger partial charge is 0.435 e. The second kappa shape index (κ2) is 6.47. The van der Waals surface area contributed by atoms with Crippen LogP contribution in [0.5, 0.6) is 5.75 Å². The molecule has 0 spiro atoms. The van der Waals surface area contributed by atoms with Crippen LogP contribution in [0.4, 0.5) is 14.5 Å². The second-order valence-electron chi connectivity index (χ2n) is 3.98. The van der Waals surface area contributed by atoms with Crippen molar-refractivity contribution in [3.63, 3.8) is 0 Å². The summed E-state index contributed by atoms with van der Waals surface area (Å²) in [7, 11) is 0. The Kier molecular flexibility index (Phi) is 4.68. The van der Waals surface area contributed by atoms with E-state index in [2.05, 4.69) is 10.1 Å². The zero-order valence-electron chi connectivity index (χ0n) is 10.7. The van der Waals surface area contributed by atoms with Gasteiger partial charge in [0.2, 0.25) is 0 Å². The summed E-state index contributed by atoms with van der Waals surface area (Å²) >= 11 is 1.44. The molecule has 0 saturated carbocycles. The van der Waals surface area contributed by atoms with Crippen molar-refractivity contribution in [2.45, 2.75) is 20.0 Å². The summed E-state index contributed by atoms with van der Waals surface area (Å²) in [5, 5.41) is 2.70. The number of thiophene rings is 1. The van der Waals surface area contributed by atoms with Crippen LogP contribution in [-0.4, -0.2) is 12.5 Å².